The van der Waals surface area contributed by atoms with Crippen molar-refractivity contribution in [2.75, 3.05) is 18.7 Å². The first-order valence-corrected chi connectivity index (χ1v) is 7.56. The van der Waals surface area contributed by atoms with E-state index in [9.17, 15) is 4.79 Å². The zero-order valence-corrected chi connectivity index (χ0v) is 13.7. The maximum Gasteiger partial charge on any atom is 0.321 e. The summed E-state index contributed by atoms with van der Waals surface area (Å²) in [5.74, 6) is 1.51. The Balaban J connectivity index is 1.77. The minimum atomic E-state index is -0.321. The Labute approximate surface area is 136 Å². The molecule has 0 aliphatic rings. The van der Waals surface area contributed by atoms with Gasteiger partial charge in [-0.1, -0.05) is 6.07 Å². The third-order valence-electron chi connectivity index (χ3n) is 3.37. The number of nitrogens with one attached hydrogen (secondary N) is 2. The summed E-state index contributed by atoms with van der Waals surface area (Å²) < 4.78 is 10.9. The van der Waals surface area contributed by atoms with Crippen LogP contribution in [0.2, 0.25) is 0 Å². The van der Waals surface area contributed by atoms with E-state index >= 15 is 0 Å². The van der Waals surface area contributed by atoms with Crippen LogP contribution in [0.1, 0.15) is 18.1 Å². The Kier molecular flexibility index (Phi) is 5.86. The summed E-state index contributed by atoms with van der Waals surface area (Å²) in [4.78, 5) is 11.8. The summed E-state index contributed by atoms with van der Waals surface area (Å²) in [6.07, 6.45) is 0. The number of carbonyl (C=O) groups is 1. The van der Waals surface area contributed by atoms with Crippen molar-refractivity contribution in [1.82, 2.24) is 5.32 Å². The molecule has 0 fully saturated rings. The van der Waals surface area contributed by atoms with Gasteiger partial charge in [0.2, 0.25) is 0 Å². The molecule has 0 radical (unpaired) electrons. The number of ether oxygens (including phenoxy) is 2. The molecule has 5 heteroatoms. The molecule has 0 spiro atoms. The van der Waals surface area contributed by atoms with Crippen LogP contribution in [0.3, 0.4) is 0 Å². The van der Waals surface area contributed by atoms with Crippen LogP contribution in [0.5, 0.6) is 11.5 Å². The van der Waals surface area contributed by atoms with Crippen molar-refractivity contribution in [2.45, 2.75) is 20.8 Å². The lowest BCUT2D eigenvalue weighted by molar-refractivity contribution is 0.234. The molecule has 122 valence electrons. The molecule has 0 atom stereocenters. The van der Waals surface area contributed by atoms with E-state index in [1.54, 1.807) is 12.1 Å². The summed E-state index contributed by atoms with van der Waals surface area (Å²) in [6, 6.07) is 12.7. The van der Waals surface area contributed by atoms with Gasteiger partial charge in [0.05, 0.1) is 6.61 Å². The van der Waals surface area contributed by atoms with E-state index in [1.165, 1.54) is 5.56 Å². The van der Waals surface area contributed by atoms with Crippen LogP contribution in [0.4, 0.5) is 10.5 Å². The van der Waals surface area contributed by atoms with Gasteiger partial charge in [0.15, 0.2) is 6.73 Å². The number of amides is 2. The van der Waals surface area contributed by atoms with E-state index in [4.69, 9.17) is 9.47 Å². The number of hydrogen-bond acceptors (Lipinski definition) is 3. The van der Waals surface area contributed by atoms with Gasteiger partial charge in [-0.3, -0.25) is 0 Å². The van der Waals surface area contributed by atoms with Gasteiger partial charge >= 0.3 is 6.03 Å². The van der Waals surface area contributed by atoms with Gasteiger partial charge in [0.25, 0.3) is 0 Å². The summed E-state index contributed by atoms with van der Waals surface area (Å²) in [6.45, 7) is 6.71. The number of benzene rings is 2. The van der Waals surface area contributed by atoms with Crippen molar-refractivity contribution < 1.29 is 14.3 Å². The van der Waals surface area contributed by atoms with Crippen molar-refractivity contribution in [1.29, 1.82) is 0 Å². The average Bonchev–Trinajstić information content (AvgIpc) is 2.53. The number of urea groups is 1. The molecule has 0 aliphatic carbocycles. The SMILES string of the molecule is CCOc1ccc(NC(=O)NCOc2ccc(C)c(C)c2)cc1. The third-order valence-corrected chi connectivity index (χ3v) is 3.37. The van der Waals surface area contributed by atoms with Crippen LogP contribution in [0, 0.1) is 13.8 Å². The van der Waals surface area contributed by atoms with E-state index in [0.29, 0.717) is 12.3 Å². The minimum Gasteiger partial charge on any atom is -0.494 e. The van der Waals surface area contributed by atoms with Crippen LogP contribution in [-0.2, 0) is 0 Å². The van der Waals surface area contributed by atoms with Crippen LogP contribution >= 0.6 is 0 Å². The van der Waals surface area contributed by atoms with Crippen LogP contribution in [0.25, 0.3) is 0 Å². The quantitative estimate of drug-likeness (QED) is 0.796. The second-order valence-corrected chi connectivity index (χ2v) is 5.12. The maximum absolute atomic E-state index is 11.8. The number of carbonyl (C=O) groups excluding carboxylic acids is 1. The highest BCUT2D eigenvalue weighted by atomic mass is 16.5. The van der Waals surface area contributed by atoms with Crippen molar-refractivity contribution in [3.63, 3.8) is 0 Å². The molecule has 2 N–H and O–H groups in total. The maximum atomic E-state index is 11.8. The Morgan fingerprint density at radius 3 is 2.30 bits per heavy atom. The van der Waals surface area contributed by atoms with Gasteiger partial charge in [0.1, 0.15) is 11.5 Å². The van der Waals surface area contributed by atoms with Gasteiger partial charge in [-0.25, -0.2) is 4.79 Å². The van der Waals surface area contributed by atoms with E-state index in [-0.39, 0.29) is 12.8 Å². The third kappa shape index (κ3) is 5.21. The molecule has 0 aromatic heterocycles. The predicted octanol–water partition coefficient (Wildman–Crippen LogP) is 3.86. The van der Waals surface area contributed by atoms with Crippen molar-refractivity contribution in [3.05, 3.63) is 53.6 Å². The van der Waals surface area contributed by atoms with Crippen molar-refractivity contribution >= 4 is 11.7 Å². The Bertz CT molecular complexity index is 654. The first-order valence-electron chi connectivity index (χ1n) is 7.56. The highest BCUT2D eigenvalue weighted by Gasteiger charge is 2.02. The number of anilines is 1. The molecule has 5 nitrogen and oxygen atoms in total. The summed E-state index contributed by atoms with van der Waals surface area (Å²) in [5, 5.41) is 5.38. The summed E-state index contributed by atoms with van der Waals surface area (Å²) in [7, 11) is 0. The van der Waals surface area contributed by atoms with Crippen molar-refractivity contribution in [3.8, 4) is 11.5 Å². The lowest BCUT2D eigenvalue weighted by Crippen LogP contribution is -2.32. The second-order valence-electron chi connectivity index (χ2n) is 5.12. The van der Waals surface area contributed by atoms with Crippen LogP contribution in [0.15, 0.2) is 42.5 Å². The molecule has 2 aromatic rings. The van der Waals surface area contributed by atoms with Crippen LogP contribution in [-0.4, -0.2) is 19.4 Å². The Hall–Kier alpha value is -2.69. The van der Waals surface area contributed by atoms with Gasteiger partial charge < -0.3 is 20.1 Å². The monoisotopic (exact) mass is 314 g/mol. The smallest absolute Gasteiger partial charge is 0.321 e. The van der Waals surface area contributed by atoms with E-state index < -0.39 is 0 Å². The zero-order valence-electron chi connectivity index (χ0n) is 13.7. The second kappa shape index (κ2) is 8.08. The zero-order chi connectivity index (χ0) is 16.7. The van der Waals surface area contributed by atoms with E-state index in [0.717, 1.165) is 17.1 Å². The molecule has 0 saturated heterocycles. The number of rotatable bonds is 6. The average molecular weight is 314 g/mol. The lowest BCUT2D eigenvalue weighted by atomic mass is 10.1. The molecule has 0 bridgehead atoms. The van der Waals surface area contributed by atoms with Gasteiger partial charge in [0, 0.05) is 5.69 Å². The molecule has 0 heterocycles. The molecule has 0 aliphatic heterocycles. The molecular weight excluding hydrogens is 292 g/mol. The first kappa shape index (κ1) is 16.7. The number of hydrogen-bond donors (Lipinski definition) is 2. The van der Waals surface area contributed by atoms with Gasteiger partial charge in [-0.15, -0.1) is 0 Å². The summed E-state index contributed by atoms with van der Waals surface area (Å²) >= 11 is 0. The van der Waals surface area contributed by atoms with Crippen LogP contribution < -0.4 is 20.1 Å². The fourth-order valence-electron chi connectivity index (χ4n) is 1.97. The fourth-order valence-corrected chi connectivity index (χ4v) is 1.97. The lowest BCUT2D eigenvalue weighted by Gasteiger charge is -2.11. The Morgan fingerprint density at radius 2 is 1.65 bits per heavy atom. The highest BCUT2D eigenvalue weighted by Crippen LogP contribution is 2.16. The largest absolute Gasteiger partial charge is 0.494 e. The normalized spacial score (nSPS) is 10.0. The predicted molar refractivity (Wildman–Crippen MR) is 91.2 cm³/mol. The highest BCUT2D eigenvalue weighted by molar-refractivity contribution is 5.89. The molecule has 2 rings (SSSR count). The fraction of sp³-hybridized carbons (Fsp3) is 0.278. The number of aryl methyl sites for hydroxylation is 2. The van der Waals surface area contributed by atoms with Gasteiger partial charge in [-0.05, 0) is 68.3 Å². The molecule has 2 aromatic carbocycles. The van der Waals surface area contributed by atoms with Gasteiger partial charge in [-0.2, -0.15) is 0 Å². The molecule has 0 unspecified atom stereocenters. The van der Waals surface area contributed by atoms with E-state index in [1.807, 2.05) is 51.1 Å². The van der Waals surface area contributed by atoms with E-state index in [2.05, 4.69) is 10.6 Å². The topological polar surface area (TPSA) is 59.6 Å². The summed E-state index contributed by atoms with van der Waals surface area (Å²) in [5.41, 5.74) is 3.05. The van der Waals surface area contributed by atoms with Crippen molar-refractivity contribution in [2.24, 2.45) is 0 Å². The first-order chi connectivity index (χ1) is 11.1. The molecule has 23 heavy (non-hydrogen) atoms. The molecule has 0 saturated carbocycles. The minimum absolute atomic E-state index is 0.103. The molecule has 2 amide bonds. The molecular formula is C18H22N2O3. The standard InChI is InChI=1S/C18H22N2O3/c1-4-22-16-9-6-15(7-10-16)20-18(21)19-12-23-17-8-5-13(2)14(3)11-17/h5-11H,4,12H2,1-3H3,(H2,19,20,21). The Morgan fingerprint density at radius 1 is 0.957 bits per heavy atom.